The quantitative estimate of drug-likeness (QED) is 0.636. The maximum absolute atomic E-state index is 5.06. The Morgan fingerprint density at radius 3 is 2.27 bits per heavy atom. The van der Waals surface area contributed by atoms with E-state index in [9.17, 15) is 0 Å². The topological polar surface area (TPSA) is 21.3 Å². The Labute approximate surface area is 70.3 Å². The van der Waals surface area contributed by atoms with Gasteiger partial charge in [-0.25, -0.2) is 0 Å². The Bertz CT molecular complexity index is 83.6. The minimum atomic E-state index is 0.530. The van der Waals surface area contributed by atoms with E-state index >= 15 is 0 Å². The van der Waals surface area contributed by atoms with Crippen LogP contribution >= 0.6 is 0 Å². The fraction of sp³-hybridized carbons (Fsp3) is 1.00. The van der Waals surface area contributed by atoms with Gasteiger partial charge in [-0.3, -0.25) is 0 Å². The van der Waals surface area contributed by atoms with Crippen molar-refractivity contribution in [3.05, 3.63) is 0 Å². The maximum Gasteiger partial charge on any atom is 0.0615 e. The van der Waals surface area contributed by atoms with Crippen molar-refractivity contribution in [2.45, 2.75) is 32.7 Å². The lowest BCUT2D eigenvalue weighted by Gasteiger charge is -2.15. The van der Waals surface area contributed by atoms with Crippen LogP contribution < -0.4 is 5.32 Å². The van der Waals surface area contributed by atoms with Crippen LogP contribution in [-0.4, -0.2) is 26.8 Å². The molecule has 0 saturated carbocycles. The van der Waals surface area contributed by atoms with Gasteiger partial charge in [0.1, 0.15) is 0 Å². The predicted molar refractivity (Wildman–Crippen MR) is 48.8 cm³/mol. The summed E-state index contributed by atoms with van der Waals surface area (Å²) in [5, 5.41) is 3.23. The molecule has 1 N–H and O–H groups in total. The molecule has 2 heteroatoms. The van der Waals surface area contributed by atoms with Gasteiger partial charge < -0.3 is 10.1 Å². The highest BCUT2D eigenvalue weighted by molar-refractivity contribution is 4.63. The van der Waals surface area contributed by atoms with Crippen molar-refractivity contribution in [2.24, 2.45) is 5.92 Å². The molecule has 1 unspecified atom stereocenters. The molecule has 0 heterocycles. The van der Waals surface area contributed by atoms with Crippen LogP contribution in [0.2, 0.25) is 0 Å². The van der Waals surface area contributed by atoms with E-state index in [2.05, 4.69) is 19.2 Å². The first-order valence-electron chi connectivity index (χ1n) is 4.37. The van der Waals surface area contributed by atoms with Gasteiger partial charge in [-0.15, -0.1) is 0 Å². The summed E-state index contributed by atoms with van der Waals surface area (Å²) in [7, 11) is 3.74. The summed E-state index contributed by atoms with van der Waals surface area (Å²) >= 11 is 0. The van der Waals surface area contributed by atoms with Gasteiger partial charge in [0.15, 0.2) is 0 Å². The van der Waals surface area contributed by atoms with Crippen molar-refractivity contribution in [3.63, 3.8) is 0 Å². The molecular formula is C9H21NO. The van der Waals surface area contributed by atoms with Gasteiger partial charge in [-0.2, -0.15) is 0 Å². The molecule has 68 valence electrons. The lowest BCUT2D eigenvalue weighted by Crippen LogP contribution is -2.30. The van der Waals surface area contributed by atoms with E-state index in [1.165, 1.54) is 12.8 Å². The lowest BCUT2D eigenvalue weighted by atomic mass is 10.0. The molecule has 0 aromatic carbocycles. The van der Waals surface area contributed by atoms with Crippen molar-refractivity contribution >= 4 is 0 Å². The van der Waals surface area contributed by atoms with E-state index in [4.69, 9.17) is 4.74 Å². The minimum Gasteiger partial charge on any atom is -0.383 e. The van der Waals surface area contributed by atoms with Crippen molar-refractivity contribution in [2.75, 3.05) is 20.8 Å². The van der Waals surface area contributed by atoms with Crippen molar-refractivity contribution < 1.29 is 4.74 Å². The molecule has 0 aliphatic carbocycles. The molecule has 0 aliphatic rings. The molecule has 1 atom stereocenters. The first-order valence-corrected chi connectivity index (χ1v) is 4.37. The van der Waals surface area contributed by atoms with Gasteiger partial charge in [-0.05, 0) is 25.8 Å². The molecule has 0 fully saturated rings. The van der Waals surface area contributed by atoms with Gasteiger partial charge in [0.25, 0.3) is 0 Å². The molecule has 0 saturated heterocycles. The lowest BCUT2D eigenvalue weighted by molar-refractivity contribution is 0.163. The zero-order valence-corrected chi connectivity index (χ0v) is 8.18. The summed E-state index contributed by atoms with van der Waals surface area (Å²) < 4.78 is 5.06. The Balaban J connectivity index is 3.35. The molecule has 0 radical (unpaired) electrons. The van der Waals surface area contributed by atoms with Crippen LogP contribution in [0.3, 0.4) is 0 Å². The Morgan fingerprint density at radius 1 is 1.27 bits per heavy atom. The Morgan fingerprint density at radius 2 is 1.91 bits per heavy atom. The third-order valence-electron chi connectivity index (χ3n) is 1.87. The van der Waals surface area contributed by atoms with E-state index in [0.29, 0.717) is 6.04 Å². The predicted octanol–water partition coefficient (Wildman–Crippen LogP) is 1.66. The Kier molecular flexibility index (Phi) is 6.57. The van der Waals surface area contributed by atoms with Gasteiger partial charge in [0.05, 0.1) is 6.61 Å². The van der Waals surface area contributed by atoms with Crippen molar-refractivity contribution in [1.82, 2.24) is 5.32 Å². The number of hydrogen-bond acceptors (Lipinski definition) is 2. The highest BCUT2D eigenvalue weighted by Crippen LogP contribution is 2.06. The molecule has 0 rings (SSSR count). The highest BCUT2D eigenvalue weighted by atomic mass is 16.5. The van der Waals surface area contributed by atoms with E-state index in [1.54, 1.807) is 7.11 Å². The zero-order chi connectivity index (χ0) is 8.69. The average Bonchev–Trinajstić information content (AvgIpc) is 1.97. The minimum absolute atomic E-state index is 0.530. The van der Waals surface area contributed by atoms with Crippen LogP contribution in [-0.2, 0) is 4.74 Å². The van der Waals surface area contributed by atoms with Crippen LogP contribution in [0.1, 0.15) is 26.7 Å². The van der Waals surface area contributed by atoms with Gasteiger partial charge in [-0.1, -0.05) is 13.8 Å². The van der Waals surface area contributed by atoms with E-state index in [0.717, 1.165) is 12.5 Å². The second-order valence-electron chi connectivity index (χ2n) is 3.41. The first kappa shape index (κ1) is 10.9. The second kappa shape index (κ2) is 6.62. The summed E-state index contributed by atoms with van der Waals surface area (Å²) in [5.41, 5.74) is 0. The van der Waals surface area contributed by atoms with Crippen LogP contribution in [0.25, 0.3) is 0 Å². The van der Waals surface area contributed by atoms with Gasteiger partial charge in [0.2, 0.25) is 0 Å². The van der Waals surface area contributed by atoms with Crippen LogP contribution in [0.5, 0.6) is 0 Å². The first-order chi connectivity index (χ1) is 5.20. The van der Waals surface area contributed by atoms with Crippen molar-refractivity contribution in [3.8, 4) is 0 Å². The standard InChI is InChI=1S/C9H21NO/c1-8(2)5-6-9(10-3)7-11-4/h8-10H,5-7H2,1-4H3. The summed E-state index contributed by atoms with van der Waals surface area (Å²) in [6.07, 6.45) is 2.48. The van der Waals surface area contributed by atoms with E-state index in [1.807, 2.05) is 7.05 Å². The molecule has 0 aliphatic heterocycles. The Hall–Kier alpha value is -0.0800. The number of hydrogen-bond donors (Lipinski definition) is 1. The summed E-state index contributed by atoms with van der Waals surface area (Å²) in [5.74, 6) is 0.794. The van der Waals surface area contributed by atoms with E-state index < -0.39 is 0 Å². The van der Waals surface area contributed by atoms with Crippen LogP contribution in [0.15, 0.2) is 0 Å². The maximum atomic E-state index is 5.06. The average molecular weight is 159 g/mol. The molecule has 0 amide bonds. The third-order valence-corrected chi connectivity index (χ3v) is 1.87. The third kappa shape index (κ3) is 6.32. The zero-order valence-electron chi connectivity index (χ0n) is 8.18. The summed E-state index contributed by atoms with van der Waals surface area (Å²) in [6.45, 7) is 5.32. The number of methoxy groups -OCH3 is 1. The molecule has 0 aromatic heterocycles. The highest BCUT2D eigenvalue weighted by Gasteiger charge is 2.05. The largest absolute Gasteiger partial charge is 0.383 e. The summed E-state index contributed by atoms with van der Waals surface area (Å²) in [6, 6.07) is 0.530. The number of rotatable bonds is 6. The second-order valence-corrected chi connectivity index (χ2v) is 3.41. The molecule has 2 nitrogen and oxygen atoms in total. The molecule has 0 spiro atoms. The van der Waals surface area contributed by atoms with Crippen LogP contribution in [0.4, 0.5) is 0 Å². The number of ether oxygens (including phenoxy) is 1. The van der Waals surface area contributed by atoms with Crippen molar-refractivity contribution in [1.29, 1.82) is 0 Å². The molecule has 0 bridgehead atoms. The SMILES string of the molecule is CNC(CCC(C)C)COC. The fourth-order valence-electron chi connectivity index (χ4n) is 1.05. The monoisotopic (exact) mass is 159 g/mol. The van der Waals surface area contributed by atoms with Gasteiger partial charge in [0, 0.05) is 13.2 Å². The number of likely N-dealkylation sites (N-methyl/N-ethyl adjacent to an activating group) is 1. The van der Waals surface area contributed by atoms with E-state index in [-0.39, 0.29) is 0 Å². The van der Waals surface area contributed by atoms with Gasteiger partial charge >= 0.3 is 0 Å². The molecule has 0 aromatic rings. The summed E-state index contributed by atoms with van der Waals surface area (Å²) in [4.78, 5) is 0. The molecular weight excluding hydrogens is 138 g/mol. The molecule has 11 heavy (non-hydrogen) atoms. The van der Waals surface area contributed by atoms with Crippen LogP contribution in [0, 0.1) is 5.92 Å². The number of nitrogens with one attached hydrogen (secondary N) is 1. The smallest absolute Gasteiger partial charge is 0.0615 e. The normalized spacial score (nSPS) is 13.9. The fourth-order valence-corrected chi connectivity index (χ4v) is 1.05.